The monoisotopic (exact) mass is 277 g/mol. The van der Waals surface area contributed by atoms with Gasteiger partial charge in [0.25, 0.3) is 0 Å². The van der Waals surface area contributed by atoms with Gasteiger partial charge in [-0.1, -0.05) is 6.07 Å². The van der Waals surface area contributed by atoms with Gasteiger partial charge in [-0.05, 0) is 25.1 Å². The summed E-state index contributed by atoms with van der Waals surface area (Å²) in [4.78, 5) is 19.1. The average molecular weight is 277 g/mol. The molecule has 0 aliphatic heterocycles. The number of carboxylic acid groups (broad SMARTS) is 1. The molecule has 2 heterocycles. The highest BCUT2D eigenvalue weighted by atomic mass is 32.1. The van der Waals surface area contributed by atoms with E-state index in [9.17, 15) is 4.79 Å². The molecule has 2 rings (SSSR count). The Labute approximate surface area is 115 Å². The zero-order chi connectivity index (χ0) is 13.5. The minimum atomic E-state index is -0.757. The number of carbonyl (C=O) groups is 1. The number of nitrogens with one attached hydrogen (secondary N) is 1. The van der Waals surface area contributed by atoms with Crippen molar-refractivity contribution in [3.8, 4) is 10.7 Å². The lowest BCUT2D eigenvalue weighted by Gasteiger charge is -2.00. The van der Waals surface area contributed by atoms with Crippen LogP contribution in [0.2, 0.25) is 0 Å². The van der Waals surface area contributed by atoms with Crippen LogP contribution in [0.4, 0.5) is 0 Å². The van der Waals surface area contributed by atoms with E-state index >= 15 is 0 Å². The number of thiazole rings is 1. The second-order valence-electron chi connectivity index (χ2n) is 4.03. The maximum atomic E-state index is 10.3. The molecule has 19 heavy (non-hydrogen) atoms. The highest BCUT2D eigenvalue weighted by Crippen LogP contribution is 2.21. The van der Waals surface area contributed by atoms with E-state index in [-0.39, 0.29) is 6.42 Å². The molecular weight excluding hydrogens is 262 g/mol. The summed E-state index contributed by atoms with van der Waals surface area (Å²) in [6, 6.07) is 5.75. The molecule has 2 N–H and O–H groups in total. The lowest BCUT2D eigenvalue weighted by molar-refractivity contribution is -0.137. The second kappa shape index (κ2) is 6.96. The van der Waals surface area contributed by atoms with Crippen molar-refractivity contribution in [3.05, 3.63) is 35.5 Å². The first-order chi connectivity index (χ1) is 9.25. The molecule has 0 bridgehead atoms. The van der Waals surface area contributed by atoms with Crippen LogP contribution in [-0.2, 0) is 11.3 Å². The summed E-state index contributed by atoms with van der Waals surface area (Å²) in [7, 11) is 0. The summed E-state index contributed by atoms with van der Waals surface area (Å²) >= 11 is 1.56. The summed E-state index contributed by atoms with van der Waals surface area (Å²) in [6.07, 6.45) is 2.58. The SMILES string of the molecule is O=C(O)CCCNCc1csc(-c2ccccn2)n1. The molecule has 0 aromatic carbocycles. The van der Waals surface area contributed by atoms with E-state index in [0.717, 1.165) is 16.4 Å². The second-order valence-corrected chi connectivity index (χ2v) is 4.89. The molecule has 0 amide bonds. The lowest BCUT2D eigenvalue weighted by Crippen LogP contribution is -2.15. The summed E-state index contributed by atoms with van der Waals surface area (Å²) in [5.74, 6) is -0.757. The molecule has 0 aliphatic carbocycles. The van der Waals surface area contributed by atoms with Gasteiger partial charge in [0.05, 0.1) is 11.4 Å². The molecule has 0 fully saturated rings. The fourth-order valence-electron chi connectivity index (χ4n) is 1.58. The van der Waals surface area contributed by atoms with Crippen LogP contribution in [0.5, 0.6) is 0 Å². The van der Waals surface area contributed by atoms with Crippen molar-refractivity contribution in [2.45, 2.75) is 19.4 Å². The number of aliphatic carboxylic acids is 1. The van der Waals surface area contributed by atoms with Gasteiger partial charge in [-0.2, -0.15) is 0 Å². The Morgan fingerprint density at radius 1 is 1.42 bits per heavy atom. The van der Waals surface area contributed by atoms with Crippen molar-refractivity contribution < 1.29 is 9.90 Å². The normalized spacial score (nSPS) is 10.5. The summed E-state index contributed by atoms with van der Waals surface area (Å²) < 4.78 is 0. The van der Waals surface area contributed by atoms with Crippen LogP contribution < -0.4 is 5.32 Å². The number of carboxylic acids is 1. The van der Waals surface area contributed by atoms with Crippen LogP contribution in [0.1, 0.15) is 18.5 Å². The van der Waals surface area contributed by atoms with Crippen molar-refractivity contribution >= 4 is 17.3 Å². The largest absolute Gasteiger partial charge is 0.481 e. The Morgan fingerprint density at radius 3 is 3.05 bits per heavy atom. The Kier molecular flexibility index (Phi) is 5.00. The fraction of sp³-hybridized carbons (Fsp3) is 0.308. The quantitative estimate of drug-likeness (QED) is 0.759. The van der Waals surface area contributed by atoms with Gasteiger partial charge in [-0.3, -0.25) is 9.78 Å². The molecule has 0 saturated carbocycles. The van der Waals surface area contributed by atoms with Crippen molar-refractivity contribution in [2.75, 3.05) is 6.54 Å². The van der Waals surface area contributed by atoms with Crippen molar-refractivity contribution in [1.29, 1.82) is 0 Å². The van der Waals surface area contributed by atoms with Crippen LogP contribution in [0.25, 0.3) is 10.7 Å². The molecule has 0 atom stereocenters. The van der Waals surface area contributed by atoms with Gasteiger partial charge in [0, 0.05) is 24.5 Å². The van der Waals surface area contributed by atoms with Gasteiger partial charge in [-0.25, -0.2) is 4.98 Å². The van der Waals surface area contributed by atoms with Crippen LogP contribution in [0.3, 0.4) is 0 Å². The molecule has 100 valence electrons. The van der Waals surface area contributed by atoms with E-state index in [1.807, 2.05) is 23.6 Å². The Hall–Kier alpha value is -1.79. The first-order valence-electron chi connectivity index (χ1n) is 6.04. The maximum Gasteiger partial charge on any atom is 0.303 e. The molecule has 2 aromatic heterocycles. The zero-order valence-electron chi connectivity index (χ0n) is 10.4. The Bertz CT molecular complexity index is 528. The Balaban J connectivity index is 1.80. The predicted molar refractivity (Wildman–Crippen MR) is 73.9 cm³/mol. The van der Waals surface area contributed by atoms with E-state index < -0.39 is 5.97 Å². The van der Waals surface area contributed by atoms with Gasteiger partial charge in [-0.15, -0.1) is 11.3 Å². The van der Waals surface area contributed by atoms with Crippen molar-refractivity contribution in [3.63, 3.8) is 0 Å². The summed E-state index contributed by atoms with van der Waals surface area (Å²) in [5.41, 5.74) is 1.84. The third-order valence-electron chi connectivity index (χ3n) is 2.49. The third-order valence-corrected chi connectivity index (χ3v) is 3.40. The van der Waals surface area contributed by atoms with Gasteiger partial charge in [0.15, 0.2) is 0 Å². The van der Waals surface area contributed by atoms with Crippen molar-refractivity contribution in [1.82, 2.24) is 15.3 Å². The molecule has 0 spiro atoms. The van der Waals surface area contributed by atoms with Crippen LogP contribution in [0, 0.1) is 0 Å². The molecule has 6 heteroatoms. The van der Waals surface area contributed by atoms with Crippen LogP contribution in [-0.4, -0.2) is 27.6 Å². The predicted octanol–water partition coefficient (Wildman–Crippen LogP) is 2.16. The van der Waals surface area contributed by atoms with Gasteiger partial charge < -0.3 is 10.4 Å². The van der Waals surface area contributed by atoms with E-state index in [2.05, 4.69) is 15.3 Å². The molecule has 0 unspecified atom stereocenters. The summed E-state index contributed by atoms with van der Waals surface area (Å²) in [5, 5.41) is 14.6. The van der Waals surface area contributed by atoms with E-state index in [0.29, 0.717) is 19.5 Å². The smallest absolute Gasteiger partial charge is 0.303 e. The average Bonchev–Trinajstić information content (AvgIpc) is 2.88. The molecule has 0 radical (unpaired) electrons. The first kappa shape index (κ1) is 13.6. The highest BCUT2D eigenvalue weighted by molar-refractivity contribution is 7.13. The molecule has 5 nitrogen and oxygen atoms in total. The number of nitrogens with zero attached hydrogens (tertiary/aromatic N) is 2. The van der Waals surface area contributed by atoms with E-state index in [1.165, 1.54) is 0 Å². The van der Waals surface area contributed by atoms with Crippen molar-refractivity contribution in [2.24, 2.45) is 0 Å². The first-order valence-corrected chi connectivity index (χ1v) is 6.92. The standard InChI is InChI=1S/C13H15N3O2S/c17-12(18)5-3-6-14-8-10-9-19-13(16-10)11-4-1-2-7-15-11/h1-2,4,7,9,14H,3,5-6,8H2,(H,17,18). The number of rotatable bonds is 7. The van der Waals surface area contributed by atoms with Crippen LogP contribution in [0.15, 0.2) is 29.8 Å². The number of pyridine rings is 1. The molecular formula is C13H15N3O2S. The topological polar surface area (TPSA) is 75.1 Å². The maximum absolute atomic E-state index is 10.3. The number of hydrogen-bond acceptors (Lipinski definition) is 5. The van der Waals surface area contributed by atoms with Gasteiger partial charge >= 0.3 is 5.97 Å². The third kappa shape index (κ3) is 4.42. The highest BCUT2D eigenvalue weighted by Gasteiger charge is 2.05. The zero-order valence-corrected chi connectivity index (χ0v) is 11.2. The van der Waals surface area contributed by atoms with E-state index in [1.54, 1.807) is 17.5 Å². The molecule has 0 aliphatic rings. The van der Waals surface area contributed by atoms with Crippen LogP contribution >= 0.6 is 11.3 Å². The van der Waals surface area contributed by atoms with Gasteiger partial charge in [0.1, 0.15) is 5.01 Å². The minimum Gasteiger partial charge on any atom is -0.481 e. The van der Waals surface area contributed by atoms with Gasteiger partial charge in [0.2, 0.25) is 0 Å². The fourth-order valence-corrected chi connectivity index (χ4v) is 2.37. The molecule has 0 saturated heterocycles. The Morgan fingerprint density at radius 2 is 2.32 bits per heavy atom. The number of aromatic nitrogens is 2. The minimum absolute atomic E-state index is 0.198. The van der Waals surface area contributed by atoms with E-state index in [4.69, 9.17) is 5.11 Å². The summed E-state index contributed by atoms with van der Waals surface area (Å²) in [6.45, 7) is 1.34. The molecule has 2 aromatic rings. The lowest BCUT2D eigenvalue weighted by atomic mass is 10.3. The number of hydrogen-bond donors (Lipinski definition) is 2.